The molecule has 0 saturated carbocycles. The number of hydrogen-bond donors (Lipinski definition) is 1. The molecule has 3 heterocycles. The molecule has 0 aliphatic carbocycles. The lowest BCUT2D eigenvalue weighted by Crippen LogP contribution is -2.44. The molecule has 124 valence electrons. The second-order valence-corrected chi connectivity index (χ2v) is 6.53. The molecule has 2 aromatic heterocycles. The van der Waals surface area contributed by atoms with E-state index in [1.807, 2.05) is 4.90 Å². The van der Waals surface area contributed by atoms with Gasteiger partial charge in [0.15, 0.2) is 5.76 Å². The first kappa shape index (κ1) is 15.9. The van der Waals surface area contributed by atoms with Gasteiger partial charge >= 0.3 is 0 Å². The third kappa shape index (κ3) is 3.36. The van der Waals surface area contributed by atoms with E-state index < -0.39 is 0 Å². The number of piperidine rings is 1. The lowest BCUT2D eigenvalue weighted by molar-refractivity contribution is -0.132. The Balaban J connectivity index is 1.63. The first-order valence-corrected chi connectivity index (χ1v) is 8.86. The highest BCUT2D eigenvalue weighted by Gasteiger charge is 2.25. The molecule has 3 rings (SSSR count). The molecule has 0 aromatic carbocycles. The number of furan rings is 1. The summed E-state index contributed by atoms with van der Waals surface area (Å²) in [6.45, 7) is 2.99. The van der Waals surface area contributed by atoms with Crippen LogP contribution < -0.4 is 5.84 Å². The van der Waals surface area contributed by atoms with Crippen molar-refractivity contribution in [2.24, 2.45) is 0 Å². The number of likely N-dealkylation sites (tertiary alicyclic amines) is 1. The van der Waals surface area contributed by atoms with Crippen molar-refractivity contribution in [3.63, 3.8) is 0 Å². The monoisotopic (exact) mass is 335 g/mol. The standard InChI is InChI=1S/C15H21N5O2S/c1-2-11-6-3-4-8-19(11)13(21)10-23-15-18-17-14(20(15)16)12-7-5-9-22-12/h5,7,9,11H,2-4,6,8,10,16H2,1H3/t11-/m0/s1. The summed E-state index contributed by atoms with van der Waals surface area (Å²) >= 11 is 1.31. The van der Waals surface area contributed by atoms with Crippen LogP contribution in [-0.2, 0) is 4.79 Å². The van der Waals surface area contributed by atoms with Gasteiger partial charge in [0.25, 0.3) is 0 Å². The van der Waals surface area contributed by atoms with Crippen molar-refractivity contribution in [1.82, 2.24) is 19.8 Å². The highest BCUT2D eigenvalue weighted by molar-refractivity contribution is 7.99. The van der Waals surface area contributed by atoms with Gasteiger partial charge in [-0.2, -0.15) is 0 Å². The van der Waals surface area contributed by atoms with Crippen LogP contribution in [0.25, 0.3) is 11.6 Å². The van der Waals surface area contributed by atoms with E-state index in [2.05, 4.69) is 17.1 Å². The summed E-state index contributed by atoms with van der Waals surface area (Å²) in [4.78, 5) is 14.5. The van der Waals surface area contributed by atoms with Gasteiger partial charge in [-0.1, -0.05) is 18.7 Å². The number of aromatic nitrogens is 3. The molecule has 23 heavy (non-hydrogen) atoms. The second-order valence-electron chi connectivity index (χ2n) is 5.59. The van der Waals surface area contributed by atoms with Gasteiger partial charge in [-0.05, 0) is 37.8 Å². The third-order valence-corrected chi connectivity index (χ3v) is 5.08. The van der Waals surface area contributed by atoms with E-state index in [0.29, 0.717) is 28.5 Å². The summed E-state index contributed by atoms with van der Waals surface area (Å²) in [6, 6.07) is 3.90. The molecule has 0 bridgehead atoms. The number of nitrogens with two attached hydrogens (primary N) is 1. The number of carbonyl (C=O) groups is 1. The fourth-order valence-electron chi connectivity index (χ4n) is 2.91. The lowest BCUT2D eigenvalue weighted by atomic mass is 10.0. The number of rotatable bonds is 5. The van der Waals surface area contributed by atoms with E-state index in [-0.39, 0.29) is 5.91 Å². The minimum absolute atomic E-state index is 0.143. The topological polar surface area (TPSA) is 90.2 Å². The molecule has 1 atom stereocenters. The first-order valence-electron chi connectivity index (χ1n) is 7.87. The quantitative estimate of drug-likeness (QED) is 0.665. The second kappa shape index (κ2) is 7.08. The van der Waals surface area contributed by atoms with Crippen molar-refractivity contribution >= 4 is 17.7 Å². The Labute approximate surface area is 139 Å². The van der Waals surface area contributed by atoms with Crippen LogP contribution in [0.1, 0.15) is 32.6 Å². The SMILES string of the molecule is CC[C@H]1CCCCN1C(=O)CSc1nnc(-c2ccco2)n1N. The normalized spacial score (nSPS) is 18.3. The van der Waals surface area contributed by atoms with Crippen molar-refractivity contribution < 1.29 is 9.21 Å². The smallest absolute Gasteiger partial charge is 0.233 e. The fraction of sp³-hybridized carbons (Fsp3) is 0.533. The number of carbonyl (C=O) groups excluding carboxylic acids is 1. The minimum atomic E-state index is 0.143. The average molecular weight is 335 g/mol. The Morgan fingerprint density at radius 1 is 1.48 bits per heavy atom. The van der Waals surface area contributed by atoms with Gasteiger partial charge in [0.1, 0.15) is 0 Å². The molecule has 8 heteroatoms. The Morgan fingerprint density at radius 3 is 3.09 bits per heavy atom. The maximum absolute atomic E-state index is 12.5. The Morgan fingerprint density at radius 2 is 2.35 bits per heavy atom. The fourth-order valence-corrected chi connectivity index (χ4v) is 3.65. The summed E-state index contributed by atoms with van der Waals surface area (Å²) in [7, 11) is 0. The Kier molecular flexibility index (Phi) is 4.90. The zero-order chi connectivity index (χ0) is 16.2. The molecule has 0 radical (unpaired) electrons. The van der Waals surface area contributed by atoms with Crippen LogP contribution in [0.3, 0.4) is 0 Å². The number of nitrogen functional groups attached to an aromatic ring is 1. The van der Waals surface area contributed by atoms with E-state index in [1.54, 1.807) is 18.4 Å². The lowest BCUT2D eigenvalue weighted by Gasteiger charge is -2.35. The van der Waals surface area contributed by atoms with Crippen LogP contribution >= 0.6 is 11.8 Å². The maximum Gasteiger partial charge on any atom is 0.233 e. The molecule has 2 aromatic rings. The predicted molar refractivity (Wildman–Crippen MR) is 88.2 cm³/mol. The molecule has 1 aliphatic heterocycles. The highest BCUT2D eigenvalue weighted by atomic mass is 32.2. The van der Waals surface area contributed by atoms with E-state index in [4.69, 9.17) is 10.3 Å². The summed E-state index contributed by atoms with van der Waals surface area (Å²) in [5, 5.41) is 8.59. The van der Waals surface area contributed by atoms with Gasteiger partial charge in [-0.3, -0.25) is 4.79 Å². The van der Waals surface area contributed by atoms with Crippen LogP contribution in [0, 0.1) is 0 Å². The predicted octanol–water partition coefficient (Wildman–Crippen LogP) is 2.14. The third-order valence-electron chi connectivity index (χ3n) is 4.15. The largest absolute Gasteiger partial charge is 0.461 e. The van der Waals surface area contributed by atoms with E-state index in [9.17, 15) is 4.79 Å². The number of nitrogens with zero attached hydrogens (tertiary/aromatic N) is 4. The van der Waals surface area contributed by atoms with E-state index >= 15 is 0 Å². The molecular formula is C15H21N5O2S. The zero-order valence-corrected chi connectivity index (χ0v) is 14.0. The van der Waals surface area contributed by atoms with Crippen LogP contribution in [-0.4, -0.2) is 44.0 Å². The van der Waals surface area contributed by atoms with Crippen molar-refractivity contribution in [2.45, 2.75) is 43.8 Å². The van der Waals surface area contributed by atoms with Gasteiger partial charge in [0.2, 0.25) is 16.9 Å². The first-order chi connectivity index (χ1) is 11.2. The molecule has 7 nitrogen and oxygen atoms in total. The van der Waals surface area contributed by atoms with Crippen LogP contribution in [0.4, 0.5) is 0 Å². The number of hydrogen-bond acceptors (Lipinski definition) is 6. The van der Waals surface area contributed by atoms with Gasteiger partial charge in [0.05, 0.1) is 12.0 Å². The molecule has 0 spiro atoms. The molecule has 2 N–H and O–H groups in total. The maximum atomic E-state index is 12.5. The van der Waals surface area contributed by atoms with Gasteiger partial charge in [-0.25, -0.2) is 4.68 Å². The summed E-state index contributed by atoms with van der Waals surface area (Å²) < 4.78 is 6.64. The van der Waals surface area contributed by atoms with Gasteiger partial charge in [-0.15, -0.1) is 10.2 Å². The summed E-state index contributed by atoms with van der Waals surface area (Å²) in [6.07, 6.45) is 5.96. The number of amides is 1. The van der Waals surface area contributed by atoms with Crippen molar-refractivity contribution in [2.75, 3.05) is 18.1 Å². The zero-order valence-electron chi connectivity index (χ0n) is 13.1. The molecule has 1 aliphatic rings. The van der Waals surface area contributed by atoms with Crippen LogP contribution in [0.2, 0.25) is 0 Å². The van der Waals surface area contributed by atoms with Gasteiger partial charge < -0.3 is 15.2 Å². The molecular weight excluding hydrogens is 314 g/mol. The average Bonchev–Trinajstić information content (AvgIpc) is 3.22. The molecule has 0 unspecified atom stereocenters. The Bertz CT molecular complexity index is 655. The molecule has 1 amide bonds. The van der Waals surface area contributed by atoms with E-state index in [1.165, 1.54) is 22.9 Å². The summed E-state index contributed by atoms with van der Waals surface area (Å²) in [5.41, 5.74) is 0. The Hall–Kier alpha value is -1.96. The van der Waals surface area contributed by atoms with Crippen LogP contribution in [0.15, 0.2) is 28.0 Å². The van der Waals surface area contributed by atoms with Crippen molar-refractivity contribution in [3.8, 4) is 11.6 Å². The number of thioether (sulfide) groups is 1. The van der Waals surface area contributed by atoms with Crippen LogP contribution in [0.5, 0.6) is 0 Å². The molecule has 1 fully saturated rings. The van der Waals surface area contributed by atoms with E-state index in [0.717, 1.165) is 25.8 Å². The van der Waals surface area contributed by atoms with Crippen molar-refractivity contribution in [1.29, 1.82) is 0 Å². The van der Waals surface area contributed by atoms with Crippen molar-refractivity contribution in [3.05, 3.63) is 18.4 Å². The minimum Gasteiger partial charge on any atom is -0.461 e. The molecule has 1 saturated heterocycles. The highest BCUT2D eigenvalue weighted by Crippen LogP contribution is 2.24. The summed E-state index contributed by atoms with van der Waals surface area (Å²) in [5.74, 6) is 7.47. The van der Waals surface area contributed by atoms with Gasteiger partial charge in [0, 0.05) is 12.6 Å².